The van der Waals surface area contributed by atoms with Gasteiger partial charge in [-0.2, -0.15) is 0 Å². The molecule has 3 aliphatic rings. The molecule has 2 saturated heterocycles. The van der Waals surface area contributed by atoms with Gasteiger partial charge in [0.1, 0.15) is 0 Å². The zero-order valence-electron chi connectivity index (χ0n) is 12.6. The molecule has 1 aliphatic carbocycles. The molecule has 5 heteroatoms. The minimum Gasteiger partial charge on any atom is -0.378 e. The highest BCUT2D eigenvalue weighted by Gasteiger charge is 2.45. The highest BCUT2D eigenvalue weighted by Crippen LogP contribution is 2.38. The minimum atomic E-state index is -0.0229. The number of carbonyl (C=O) groups excluding carboxylic acids is 1. The molecule has 118 valence electrons. The van der Waals surface area contributed by atoms with Gasteiger partial charge in [0.2, 0.25) is 0 Å². The average Bonchev–Trinajstić information content (AvgIpc) is 3.14. The van der Waals surface area contributed by atoms with Crippen molar-refractivity contribution in [3.8, 4) is 0 Å². The minimum absolute atomic E-state index is 0.0229. The molecule has 0 bridgehead atoms. The van der Waals surface area contributed by atoms with Gasteiger partial charge in [0.15, 0.2) is 0 Å². The monoisotopic (exact) mass is 320 g/mol. The average molecular weight is 321 g/mol. The van der Waals surface area contributed by atoms with Crippen molar-refractivity contribution >= 4 is 23.2 Å². The van der Waals surface area contributed by atoms with Crippen molar-refractivity contribution in [3.63, 3.8) is 0 Å². The van der Waals surface area contributed by atoms with Gasteiger partial charge in [-0.25, -0.2) is 0 Å². The van der Waals surface area contributed by atoms with Crippen LogP contribution in [0.25, 0.3) is 0 Å². The second-order valence-corrected chi connectivity index (χ2v) is 6.94. The molecule has 1 aromatic carbocycles. The highest BCUT2D eigenvalue weighted by atomic mass is 35.5. The number of ether oxygens (including phenoxy) is 1. The zero-order chi connectivity index (χ0) is 15.1. The fraction of sp³-hybridized carbons (Fsp3) is 0.588. The summed E-state index contributed by atoms with van der Waals surface area (Å²) in [6.07, 6.45) is 4.79. The van der Waals surface area contributed by atoms with Crippen molar-refractivity contribution in [1.82, 2.24) is 5.32 Å². The van der Waals surface area contributed by atoms with Gasteiger partial charge >= 0.3 is 0 Å². The van der Waals surface area contributed by atoms with Gasteiger partial charge in [-0.15, -0.1) is 0 Å². The van der Waals surface area contributed by atoms with E-state index in [2.05, 4.69) is 10.2 Å². The molecule has 1 saturated carbocycles. The molecule has 4 nitrogen and oxygen atoms in total. The predicted octanol–water partition coefficient (Wildman–Crippen LogP) is 2.85. The topological polar surface area (TPSA) is 41.6 Å². The lowest BCUT2D eigenvalue weighted by atomic mass is 9.76. The van der Waals surface area contributed by atoms with Crippen LogP contribution in [0.15, 0.2) is 18.2 Å². The number of hydrogen-bond acceptors (Lipinski definition) is 3. The van der Waals surface area contributed by atoms with E-state index in [9.17, 15) is 4.79 Å². The number of nitrogens with one attached hydrogen (secondary N) is 1. The molecule has 3 atom stereocenters. The number of carbonyl (C=O) groups is 1. The maximum Gasteiger partial charge on any atom is 0.251 e. The Morgan fingerprint density at radius 2 is 2.14 bits per heavy atom. The second-order valence-electron chi connectivity index (χ2n) is 6.54. The summed E-state index contributed by atoms with van der Waals surface area (Å²) >= 11 is 6.39. The summed E-state index contributed by atoms with van der Waals surface area (Å²) in [5, 5.41) is 3.80. The Morgan fingerprint density at radius 1 is 1.32 bits per heavy atom. The number of benzene rings is 1. The molecule has 1 N–H and O–H groups in total. The number of nitrogens with zero attached hydrogens (tertiary/aromatic N) is 1. The summed E-state index contributed by atoms with van der Waals surface area (Å²) in [5.74, 6) is 0.480. The molecule has 4 rings (SSSR count). The van der Waals surface area contributed by atoms with Crippen LogP contribution in [0.4, 0.5) is 5.69 Å². The van der Waals surface area contributed by atoms with Crippen LogP contribution in [0, 0.1) is 5.92 Å². The van der Waals surface area contributed by atoms with E-state index in [1.54, 1.807) is 6.07 Å². The summed E-state index contributed by atoms with van der Waals surface area (Å²) in [6, 6.07) is 5.92. The number of amides is 1. The molecule has 0 unspecified atom stereocenters. The summed E-state index contributed by atoms with van der Waals surface area (Å²) in [7, 11) is 0. The van der Waals surface area contributed by atoms with Crippen LogP contribution in [0.1, 0.15) is 36.0 Å². The van der Waals surface area contributed by atoms with Gasteiger partial charge in [0, 0.05) is 37.2 Å². The van der Waals surface area contributed by atoms with Gasteiger partial charge in [-0.1, -0.05) is 11.6 Å². The van der Waals surface area contributed by atoms with E-state index >= 15 is 0 Å². The molecule has 22 heavy (non-hydrogen) atoms. The van der Waals surface area contributed by atoms with Crippen LogP contribution >= 0.6 is 11.6 Å². The third kappa shape index (κ3) is 2.48. The smallest absolute Gasteiger partial charge is 0.251 e. The Bertz CT molecular complexity index is 586. The van der Waals surface area contributed by atoms with Gasteiger partial charge in [-0.05, 0) is 43.9 Å². The van der Waals surface area contributed by atoms with E-state index < -0.39 is 0 Å². The molecular weight excluding hydrogens is 300 g/mol. The van der Waals surface area contributed by atoms with E-state index in [1.807, 2.05) is 12.1 Å². The van der Waals surface area contributed by atoms with Gasteiger partial charge < -0.3 is 15.0 Å². The van der Waals surface area contributed by atoms with E-state index in [-0.39, 0.29) is 11.9 Å². The lowest BCUT2D eigenvalue weighted by Gasteiger charge is -2.39. The maximum atomic E-state index is 12.4. The van der Waals surface area contributed by atoms with Crippen LogP contribution in [-0.4, -0.2) is 37.7 Å². The van der Waals surface area contributed by atoms with Crippen LogP contribution in [0.2, 0.25) is 5.02 Å². The number of fused-ring (bicyclic) bond motifs is 1. The molecule has 1 amide bonds. The lowest BCUT2D eigenvalue weighted by Crippen LogP contribution is -2.53. The third-order valence-electron chi connectivity index (χ3n) is 5.24. The van der Waals surface area contributed by atoms with Crippen molar-refractivity contribution in [2.45, 2.75) is 37.8 Å². The molecule has 0 radical (unpaired) electrons. The first-order chi connectivity index (χ1) is 10.7. The normalized spacial score (nSPS) is 30.0. The van der Waals surface area contributed by atoms with Crippen molar-refractivity contribution < 1.29 is 9.53 Å². The van der Waals surface area contributed by atoms with Gasteiger partial charge in [0.05, 0.1) is 16.8 Å². The summed E-state index contributed by atoms with van der Waals surface area (Å²) in [5.41, 5.74) is 1.69. The summed E-state index contributed by atoms with van der Waals surface area (Å²) in [4.78, 5) is 14.7. The predicted molar refractivity (Wildman–Crippen MR) is 86.6 cm³/mol. The van der Waals surface area contributed by atoms with Crippen molar-refractivity contribution in [1.29, 1.82) is 0 Å². The molecule has 0 aromatic heterocycles. The van der Waals surface area contributed by atoms with E-state index in [0.29, 0.717) is 22.6 Å². The lowest BCUT2D eigenvalue weighted by molar-refractivity contribution is 0.00810. The summed E-state index contributed by atoms with van der Waals surface area (Å²) in [6.45, 7) is 2.94. The van der Waals surface area contributed by atoms with Crippen LogP contribution < -0.4 is 10.2 Å². The van der Waals surface area contributed by atoms with E-state index in [4.69, 9.17) is 16.3 Å². The Kier molecular flexibility index (Phi) is 3.74. The summed E-state index contributed by atoms with van der Waals surface area (Å²) < 4.78 is 5.58. The maximum absolute atomic E-state index is 12.4. The molecule has 2 heterocycles. The largest absolute Gasteiger partial charge is 0.378 e. The van der Waals surface area contributed by atoms with Gasteiger partial charge in [-0.3, -0.25) is 4.79 Å². The molecule has 1 aromatic rings. The number of rotatable bonds is 3. The quantitative estimate of drug-likeness (QED) is 0.931. The van der Waals surface area contributed by atoms with Gasteiger partial charge in [0.25, 0.3) is 5.91 Å². The van der Waals surface area contributed by atoms with Crippen molar-refractivity contribution in [3.05, 3.63) is 28.8 Å². The van der Waals surface area contributed by atoms with Crippen LogP contribution in [0.5, 0.6) is 0 Å². The number of halogens is 1. The Morgan fingerprint density at radius 3 is 2.86 bits per heavy atom. The van der Waals surface area contributed by atoms with Crippen LogP contribution in [-0.2, 0) is 4.74 Å². The fourth-order valence-corrected chi connectivity index (χ4v) is 4.18. The molecular formula is C17H21ClN2O2. The Labute approximate surface area is 135 Å². The third-order valence-corrected chi connectivity index (χ3v) is 5.54. The second kappa shape index (κ2) is 5.74. The first-order valence-corrected chi connectivity index (χ1v) is 8.57. The first kappa shape index (κ1) is 14.3. The molecule has 3 fully saturated rings. The standard InChI is InChI=1S/C17H21ClN2O2/c18-13-9-11(3-4-15(13)20-6-1-2-7-20)17(21)19-14-10-16-12(14)5-8-22-16/h3-4,9,12,14,16H,1-2,5-8,10H2,(H,19,21)/t12-,14+,16+/m0/s1. The zero-order valence-corrected chi connectivity index (χ0v) is 13.3. The fourth-order valence-electron chi connectivity index (χ4n) is 3.88. The number of hydrogen-bond donors (Lipinski definition) is 1. The first-order valence-electron chi connectivity index (χ1n) is 8.19. The highest BCUT2D eigenvalue weighted by molar-refractivity contribution is 6.33. The molecule has 0 spiro atoms. The Hall–Kier alpha value is -1.26. The van der Waals surface area contributed by atoms with Crippen molar-refractivity contribution in [2.24, 2.45) is 5.92 Å². The SMILES string of the molecule is O=C(N[C@@H]1C[C@H]2OCC[C@@H]12)c1ccc(N2CCCC2)c(Cl)c1. The van der Waals surface area contributed by atoms with E-state index in [1.165, 1.54) is 12.8 Å². The van der Waals surface area contributed by atoms with E-state index in [0.717, 1.165) is 38.2 Å². The Balaban J connectivity index is 1.43. The van der Waals surface area contributed by atoms with Crippen LogP contribution in [0.3, 0.4) is 0 Å². The number of anilines is 1. The van der Waals surface area contributed by atoms with Crippen molar-refractivity contribution in [2.75, 3.05) is 24.6 Å². The molecule has 2 aliphatic heterocycles.